The fraction of sp³-hybridized carbons (Fsp3) is 0.364. The molecule has 2 N–H and O–H groups in total. The van der Waals surface area contributed by atoms with E-state index in [0.717, 1.165) is 17.5 Å². The first-order chi connectivity index (χ1) is 13.5. The molecule has 0 unspecified atom stereocenters. The van der Waals surface area contributed by atoms with Crippen LogP contribution in [0, 0.1) is 11.2 Å². The van der Waals surface area contributed by atoms with Gasteiger partial charge in [-0.1, -0.05) is 42.5 Å². The van der Waals surface area contributed by atoms with Gasteiger partial charge in [-0.15, -0.1) is 0 Å². The lowest BCUT2D eigenvalue weighted by Crippen LogP contribution is -2.51. The van der Waals surface area contributed by atoms with Crippen LogP contribution < -0.4 is 5.32 Å². The van der Waals surface area contributed by atoms with Gasteiger partial charge in [0.2, 0.25) is 5.91 Å². The minimum atomic E-state index is -0.958. The van der Waals surface area contributed by atoms with E-state index in [1.54, 1.807) is 12.1 Å². The Hall–Kier alpha value is -2.89. The van der Waals surface area contributed by atoms with E-state index in [-0.39, 0.29) is 11.7 Å². The Kier molecular flexibility index (Phi) is 6.29. The van der Waals surface area contributed by atoms with Gasteiger partial charge in [-0.25, -0.2) is 9.18 Å². The highest BCUT2D eigenvalue weighted by molar-refractivity contribution is 5.83. The van der Waals surface area contributed by atoms with Crippen LogP contribution in [0.5, 0.6) is 0 Å². The van der Waals surface area contributed by atoms with Gasteiger partial charge in [0.15, 0.2) is 0 Å². The lowest BCUT2D eigenvalue weighted by molar-refractivity contribution is -0.133. The topological polar surface area (TPSA) is 69.6 Å². The molecule has 148 valence electrons. The fourth-order valence-electron chi connectivity index (χ4n) is 3.76. The van der Waals surface area contributed by atoms with Gasteiger partial charge in [0.1, 0.15) is 5.82 Å². The summed E-state index contributed by atoms with van der Waals surface area (Å²) >= 11 is 0. The first-order valence-electron chi connectivity index (χ1n) is 9.53. The van der Waals surface area contributed by atoms with E-state index in [1.807, 2.05) is 30.3 Å². The summed E-state index contributed by atoms with van der Waals surface area (Å²) < 4.78 is 13.2. The Labute approximate surface area is 164 Å². The quantitative estimate of drug-likeness (QED) is 0.801. The molecule has 0 saturated carbocycles. The molecule has 0 atom stereocenters. The Morgan fingerprint density at radius 2 is 1.64 bits per heavy atom. The number of amides is 2. The van der Waals surface area contributed by atoms with Crippen LogP contribution in [-0.4, -0.2) is 41.6 Å². The Morgan fingerprint density at radius 3 is 2.25 bits per heavy atom. The van der Waals surface area contributed by atoms with Crippen molar-refractivity contribution in [1.29, 1.82) is 0 Å². The van der Waals surface area contributed by atoms with Gasteiger partial charge in [0.25, 0.3) is 0 Å². The molecule has 0 radical (unpaired) electrons. The average molecular weight is 384 g/mol. The number of carboxylic acid groups (broad SMARTS) is 1. The molecule has 1 aliphatic rings. The minimum Gasteiger partial charge on any atom is -0.465 e. The highest BCUT2D eigenvalue weighted by atomic mass is 19.1. The highest BCUT2D eigenvalue weighted by Crippen LogP contribution is 2.35. The van der Waals surface area contributed by atoms with Gasteiger partial charge in [-0.2, -0.15) is 0 Å². The summed E-state index contributed by atoms with van der Waals surface area (Å²) in [7, 11) is 0. The molecule has 1 saturated heterocycles. The number of hydrogen-bond acceptors (Lipinski definition) is 2. The Balaban J connectivity index is 1.69. The number of nitrogens with zero attached hydrogens (tertiary/aromatic N) is 1. The van der Waals surface area contributed by atoms with Gasteiger partial charge in [0.05, 0.1) is 5.41 Å². The molecule has 6 heteroatoms. The second-order valence-corrected chi connectivity index (χ2v) is 7.34. The molecular weight excluding hydrogens is 359 g/mol. The van der Waals surface area contributed by atoms with Crippen molar-refractivity contribution in [3.63, 3.8) is 0 Å². The number of benzene rings is 2. The largest absolute Gasteiger partial charge is 0.465 e. The molecule has 2 amide bonds. The van der Waals surface area contributed by atoms with Crippen molar-refractivity contribution in [2.75, 3.05) is 19.6 Å². The van der Waals surface area contributed by atoms with Crippen molar-refractivity contribution in [3.05, 3.63) is 71.5 Å². The van der Waals surface area contributed by atoms with E-state index in [9.17, 15) is 19.1 Å². The summed E-state index contributed by atoms with van der Waals surface area (Å²) in [6, 6.07) is 16.1. The van der Waals surface area contributed by atoms with Crippen LogP contribution in [0.4, 0.5) is 9.18 Å². The number of carbonyl (C=O) groups is 2. The molecule has 28 heavy (non-hydrogen) atoms. The first-order valence-corrected chi connectivity index (χ1v) is 9.53. The van der Waals surface area contributed by atoms with Crippen LogP contribution in [0.3, 0.4) is 0 Å². The van der Waals surface area contributed by atoms with Crippen molar-refractivity contribution in [1.82, 2.24) is 10.2 Å². The van der Waals surface area contributed by atoms with E-state index < -0.39 is 11.5 Å². The zero-order valence-corrected chi connectivity index (χ0v) is 15.7. The van der Waals surface area contributed by atoms with Crippen molar-refractivity contribution in [2.24, 2.45) is 5.41 Å². The van der Waals surface area contributed by atoms with Crippen molar-refractivity contribution < 1.29 is 19.1 Å². The molecule has 2 aromatic carbocycles. The molecule has 0 aromatic heterocycles. The van der Waals surface area contributed by atoms with Crippen LogP contribution in [0.1, 0.15) is 24.0 Å². The van der Waals surface area contributed by atoms with Crippen LogP contribution in [0.15, 0.2) is 54.6 Å². The van der Waals surface area contributed by atoms with Gasteiger partial charge in [0, 0.05) is 19.6 Å². The summed E-state index contributed by atoms with van der Waals surface area (Å²) in [5, 5.41) is 12.3. The maximum atomic E-state index is 13.2. The third-order valence-corrected chi connectivity index (χ3v) is 5.47. The molecule has 1 fully saturated rings. The molecule has 1 aliphatic heterocycles. The van der Waals surface area contributed by atoms with Crippen LogP contribution in [0.25, 0.3) is 0 Å². The van der Waals surface area contributed by atoms with Crippen molar-refractivity contribution in [2.45, 2.75) is 25.7 Å². The third-order valence-electron chi connectivity index (χ3n) is 5.47. The minimum absolute atomic E-state index is 0.0576. The summed E-state index contributed by atoms with van der Waals surface area (Å²) in [4.78, 5) is 25.7. The van der Waals surface area contributed by atoms with Crippen LogP contribution in [-0.2, 0) is 17.6 Å². The molecule has 0 spiro atoms. The summed E-state index contributed by atoms with van der Waals surface area (Å²) in [6.45, 7) is 1.17. The summed E-state index contributed by atoms with van der Waals surface area (Å²) in [5.41, 5.74) is 1.35. The number of halogens is 1. The fourth-order valence-corrected chi connectivity index (χ4v) is 3.76. The number of carbonyl (C=O) groups excluding carboxylic acids is 1. The van der Waals surface area contributed by atoms with Crippen molar-refractivity contribution >= 4 is 12.0 Å². The average Bonchev–Trinajstić information content (AvgIpc) is 2.71. The standard InChI is InChI=1S/C22H25FN2O3/c23-19-8-6-18(7-9-19)16-22(11-14-25(15-12-22)21(27)28)20(26)24-13-10-17-4-2-1-3-5-17/h1-9H,10-16H2,(H,24,26)(H,27,28). The zero-order chi connectivity index (χ0) is 20.0. The predicted octanol–water partition coefficient (Wildman–Crippen LogP) is 3.49. The number of hydrogen-bond donors (Lipinski definition) is 2. The van der Waals surface area contributed by atoms with Crippen LogP contribution >= 0.6 is 0 Å². The highest BCUT2D eigenvalue weighted by Gasteiger charge is 2.42. The maximum Gasteiger partial charge on any atom is 0.407 e. The molecule has 0 bridgehead atoms. The van der Waals surface area contributed by atoms with E-state index in [2.05, 4.69) is 5.32 Å². The van der Waals surface area contributed by atoms with Crippen molar-refractivity contribution in [3.8, 4) is 0 Å². The SMILES string of the molecule is O=C(O)N1CCC(Cc2ccc(F)cc2)(C(=O)NCCc2ccccc2)CC1. The van der Waals surface area contributed by atoms with Gasteiger partial charge >= 0.3 is 6.09 Å². The summed E-state index contributed by atoms with van der Waals surface area (Å²) in [6.07, 6.45) is 1.15. The normalized spacial score (nSPS) is 15.8. The lowest BCUT2D eigenvalue weighted by Gasteiger charge is -2.40. The van der Waals surface area contributed by atoms with E-state index in [4.69, 9.17) is 0 Å². The molecule has 0 aliphatic carbocycles. The molecule has 3 rings (SSSR count). The number of rotatable bonds is 6. The first kappa shape index (κ1) is 19.9. The van der Waals surface area contributed by atoms with E-state index >= 15 is 0 Å². The smallest absolute Gasteiger partial charge is 0.407 e. The Bertz CT molecular complexity index is 800. The summed E-state index contributed by atoms with van der Waals surface area (Å²) in [5.74, 6) is -0.372. The van der Waals surface area contributed by atoms with Gasteiger partial charge in [-0.05, 0) is 48.9 Å². The zero-order valence-electron chi connectivity index (χ0n) is 15.7. The predicted molar refractivity (Wildman–Crippen MR) is 105 cm³/mol. The lowest BCUT2D eigenvalue weighted by atomic mass is 9.73. The number of likely N-dealkylation sites (tertiary alicyclic amines) is 1. The second-order valence-electron chi connectivity index (χ2n) is 7.34. The van der Waals surface area contributed by atoms with E-state index in [0.29, 0.717) is 38.9 Å². The number of nitrogens with one attached hydrogen (secondary N) is 1. The van der Waals surface area contributed by atoms with E-state index in [1.165, 1.54) is 17.0 Å². The third kappa shape index (κ3) is 4.88. The molecular formula is C22H25FN2O3. The molecule has 2 aromatic rings. The second kappa shape index (κ2) is 8.87. The van der Waals surface area contributed by atoms with Crippen LogP contribution in [0.2, 0.25) is 0 Å². The molecule has 5 nitrogen and oxygen atoms in total. The molecule has 1 heterocycles. The number of piperidine rings is 1. The maximum absolute atomic E-state index is 13.2. The Morgan fingerprint density at radius 1 is 1.00 bits per heavy atom. The van der Waals surface area contributed by atoms with Gasteiger partial charge in [-0.3, -0.25) is 4.79 Å². The monoisotopic (exact) mass is 384 g/mol. The van der Waals surface area contributed by atoms with Gasteiger partial charge < -0.3 is 15.3 Å².